The Morgan fingerprint density at radius 2 is 2.21 bits per heavy atom. The van der Waals surface area contributed by atoms with E-state index in [1.54, 1.807) is 0 Å². The van der Waals surface area contributed by atoms with E-state index < -0.39 is 0 Å². The van der Waals surface area contributed by atoms with Crippen LogP contribution in [0.25, 0.3) is 0 Å². The maximum absolute atomic E-state index is 11.7. The predicted molar refractivity (Wildman–Crippen MR) is 56.3 cm³/mol. The summed E-state index contributed by atoms with van der Waals surface area (Å²) in [4.78, 5) is 13.9. The molecule has 0 bridgehead atoms. The van der Waals surface area contributed by atoms with Crippen molar-refractivity contribution in [1.82, 2.24) is 4.90 Å². The van der Waals surface area contributed by atoms with E-state index in [2.05, 4.69) is 11.8 Å². The summed E-state index contributed by atoms with van der Waals surface area (Å²) in [5, 5.41) is 0. The van der Waals surface area contributed by atoms with Crippen molar-refractivity contribution in [2.75, 3.05) is 32.8 Å². The second kappa shape index (κ2) is 6.14. The fourth-order valence-electron chi connectivity index (χ4n) is 1.56. The molecule has 0 aromatic heterocycles. The third-order valence-electron chi connectivity index (χ3n) is 2.86. The molecular weight excluding hydrogens is 178 g/mol. The van der Waals surface area contributed by atoms with Crippen molar-refractivity contribution in [2.45, 2.75) is 26.7 Å². The van der Waals surface area contributed by atoms with Gasteiger partial charge in [0.2, 0.25) is 0 Å². The summed E-state index contributed by atoms with van der Waals surface area (Å²) in [6.45, 7) is 8.20. The molecule has 0 saturated carbocycles. The number of hydrogen-bond donors (Lipinski definition) is 0. The van der Waals surface area contributed by atoms with E-state index in [1.807, 2.05) is 6.92 Å². The van der Waals surface area contributed by atoms with Crippen molar-refractivity contribution in [2.24, 2.45) is 5.92 Å². The molecular formula is C11H21NO2. The number of rotatable bonds is 4. The first kappa shape index (κ1) is 11.7. The number of Topliss-reactive ketones (excluding diaryl/α,β-unsaturated/α-hetero) is 1. The summed E-state index contributed by atoms with van der Waals surface area (Å²) in [6.07, 6.45) is 2.00. The van der Waals surface area contributed by atoms with Gasteiger partial charge in [-0.3, -0.25) is 9.69 Å². The van der Waals surface area contributed by atoms with Gasteiger partial charge in [0.15, 0.2) is 0 Å². The van der Waals surface area contributed by atoms with Gasteiger partial charge in [0.05, 0.1) is 13.2 Å². The quantitative estimate of drug-likeness (QED) is 0.684. The second-order valence-electron chi connectivity index (χ2n) is 4.02. The van der Waals surface area contributed by atoms with Crippen LogP contribution < -0.4 is 0 Å². The minimum absolute atomic E-state index is 0.208. The van der Waals surface area contributed by atoms with E-state index >= 15 is 0 Å². The molecule has 0 spiro atoms. The molecule has 1 heterocycles. The van der Waals surface area contributed by atoms with Crippen LogP contribution in [-0.2, 0) is 9.53 Å². The third-order valence-corrected chi connectivity index (χ3v) is 2.86. The zero-order chi connectivity index (χ0) is 10.4. The number of ether oxygens (including phenoxy) is 1. The topological polar surface area (TPSA) is 29.5 Å². The highest BCUT2D eigenvalue weighted by Gasteiger charge is 2.16. The van der Waals surface area contributed by atoms with E-state index in [1.165, 1.54) is 0 Å². The molecule has 1 aliphatic heterocycles. The maximum atomic E-state index is 11.7. The van der Waals surface area contributed by atoms with Crippen molar-refractivity contribution in [3.8, 4) is 0 Å². The van der Waals surface area contributed by atoms with Gasteiger partial charge in [-0.25, -0.2) is 0 Å². The molecule has 3 nitrogen and oxygen atoms in total. The lowest BCUT2D eigenvalue weighted by Gasteiger charge is -2.19. The summed E-state index contributed by atoms with van der Waals surface area (Å²) < 4.78 is 5.34. The zero-order valence-corrected chi connectivity index (χ0v) is 9.29. The van der Waals surface area contributed by atoms with Crippen LogP contribution in [0.4, 0.5) is 0 Å². The van der Waals surface area contributed by atoms with E-state index in [0.29, 0.717) is 12.3 Å². The Kier molecular flexibility index (Phi) is 5.12. The summed E-state index contributed by atoms with van der Waals surface area (Å²) in [5.41, 5.74) is 0. The van der Waals surface area contributed by atoms with Crippen LogP contribution in [0.2, 0.25) is 0 Å². The normalized spacial score (nSPS) is 21.6. The molecule has 82 valence electrons. The third kappa shape index (κ3) is 3.76. The Hall–Kier alpha value is -0.410. The molecule has 14 heavy (non-hydrogen) atoms. The fraction of sp³-hybridized carbons (Fsp3) is 0.909. The first-order valence-corrected chi connectivity index (χ1v) is 5.57. The standard InChI is InChI=1S/C11H21NO2/c1-3-10(2)11(13)9-12-5-4-7-14-8-6-12/h10H,3-9H2,1-2H3. The van der Waals surface area contributed by atoms with Crippen LogP contribution >= 0.6 is 0 Å². The summed E-state index contributed by atoms with van der Waals surface area (Å²) in [6, 6.07) is 0. The lowest BCUT2D eigenvalue weighted by Crippen LogP contribution is -2.34. The largest absolute Gasteiger partial charge is 0.380 e. The molecule has 0 amide bonds. The lowest BCUT2D eigenvalue weighted by atomic mass is 10.0. The summed E-state index contributed by atoms with van der Waals surface area (Å²) >= 11 is 0. The predicted octanol–water partition coefficient (Wildman–Crippen LogP) is 1.32. The first-order chi connectivity index (χ1) is 6.74. The number of hydrogen-bond acceptors (Lipinski definition) is 3. The Morgan fingerprint density at radius 3 is 2.93 bits per heavy atom. The minimum atomic E-state index is 0.208. The van der Waals surface area contributed by atoms with Gasteiger partial charge in [0.25, 0.3) is 0 Å². The van der Waals surface area contributed by atoms with E-state index in [0.717, 1.165) is 39.1 Å². The number of carbonyl (C=O) groups is 1. The molecule has 3 heteroatoms. The summed E-state index contributed by atoms with van der Waals surface area (Å²) in [7, 11) is 0. The van der Waals surface area contributed by atoms with Gasteiger partial charge in [-0.1, -0.05) is 13.8 Å². The van der Waals surface area contributed by atoms with Gasteiger partial charge in [0, 0.05) is 25.6 Å². The molecule has 0 aromatic rings. The van der Waals surface area contributed by atoms with Crippen molar-refractivity contribution >= 4 is 5.78 Å². The molecule has 1 unspecified atom stereocenters. The Balaban J connectivity index is 2.30. The average molecular weight is 199 g/mol. The average Bonchev–Trinajstić information content (AvgIpc) is 2.45. The highest BCUT2D eigenvalue weighted by atomic mass is 16.5. The molecule has 1 rings (SSSR count). The van der Waals surface area contributed by atoms with Gasteiger partial charge in [-0.2, -0.15) is 0 Å². The molecule has 0 radical (unpaired) electrons. The second-order valence-corrected chi connectivity index (χ2v) is 4.02. The van der Waals surface area contributed by atoms with Crippen LogP contribution in [0.5, 0.6) is 0 Å². The monoisotopic (exact) mass is 199 g/mol. The number of carbonyl (C=O) groups excluding carboxylic acids is 1. The number of nitrogens with zero attached hydrogens (tertiary/aromatic N) is 1. The maximum Gasteiger partial charge on any atom is 0.149 e. The van der Waals surface area contributed by atoms with E-state index in [4.69, 9.17) is 4.74 Å². The number of ketones is 1. The van der Waals surface area contributed by atoms with Gasteiger partial charge in [-0.05, 0) is 12.8 Å². The van der Waals surface area contributed by atoms with Crippen molar-refractivity contribution in [1.29, 1.82) is 0 Å². The van der Waals surface area contributed by atoms with Crippen LogP contribution in [0.3, 0.4) is 0 Å². The van der Waals surface area contributed by atoms with E-state index in [9.17, 15) is 4.79 Å². The van der Waals surface area contributed by atoms with Gasteiger partial charge in [0.1, 0.15) is 5.78 Å². The smallest absolute Gasteiger partial charge is 0.149 e. The molecule has 0 aromatic carbocycles. The van der Waals surface area contributed by atoms with Crippen LogP contribution in [0, 0.1) is 5.92 Å². The molecule has 0 aliphatic carbocycles. The van der Waals surface area contributed by atoms with Crippen molar-refractivity contribution in [3.05, 3.63) is 0 Å². The first-order valence-electron chi connectivity index (χ1n) is 5.57. The van der Waals surface area contributed by atoms with Crippen LogP contribution in [-0.4, -0.2) is 43.5 Å². The van der Waals surface area contributed by atoms with Gasteiger partial charge < -0.3 is 4.74 Å². The summed E-state index contributed by atoms with van der Waals surface area (Å²) in [5.74, 6) is 0.577. The zero-order valence-electron chi connectivity index (χ0n) is 9.29. The highest BCUT2D eigenvalue weighted by molar-refractivity contribution is 5.82. The van der Waals surface area contributed by atoms with Crippen LogP contribution in [0.1, 0.15) is 26.7 Å². The Morgan fingerprint density at radius 1 is 1.43 bits per heavy atom. The molecule has 1 fully saturated rings. The van der Waals surface area contributed by atoms with Gasteiger partial charge in [-0.15, -0.1) is 0 Å². The van der Waals surface area contributed by atoms with Crippen molar-refractivity contribution in [3.63, 3.8) is 0 Å². The SMILES string of the molecule is CCC(C)C(=O)CN1CCCOCC1. The minimum Gasteiger partial charge on any atom is -0.380 e. The molecule has 0 N–H and O–H groups in total. The Bertz CT molecular complexity index is 174. The van der Waals surface area contributed by atoms with E-state index in [-0.39, 0.29) is 5.92 Å². The molecule has 1 aliphatic rings. The van der Waals surface area contributed by atoms with Crippen LogP contribution in [0.15, 0.2) is 0 Å². The van der Waals surface area contributed by atoms with Gasteiger partial charge >= 0.3 is 0 Å². The highest BCUT2D eigenvalue weighted by Crippen LogP contribution is 2.05. The Labute approximate surface area is 86.4 Å². The fourth-order valence-corrected chi connectivity index (χ4v) is 1.56. The molecule has 1 atom stereocenters. The lowest BCUT2D eigenvalue weighted by molar-refractivity contribution is -0.123. The molecule has 1 saturated heterocycles. The van der Waals surface area contributed by atoms with Crippen molar-refractivity contribution < 1.29 is 9.53 Å².